The Morgan fingerprint density at radius 3 is 3.20 bits per heavy atom. The number of aromatic nitrogens is 2. The standard InChI is InChI=1S/C10H11N3OS/c1-7-5-8-9(13-3-2-4-14-13)11-6-12-10(8)15-7/h5-6H,2-4H2,1H3. The van der Waals surface area contributed by atoms with Crippen molar-refractivity contribution < 1.29 is 4.84 Å². The minimum Gasteiger partial charge on any atom is -0.272 e. The molecule has 1 aliphatic heterocycles. The largest absolute Gasteiger partial charge is 0.272 e. The summed E-state index contributed by atoms with van der Waals surface area (Å²) in [5.41, 5.74) is 0. The molecule has 78 valence electrons. The SMILES string of the molecule is Cc1cc2c(N3CCCO3)ncnc2s1. The number of aryl methyl sites for hydroxylation is 1. The molecule has 0 saturated carbocycles. The van der Waals surface area contributed by atoms with Gasteiger partial charge in [0, 0.05) is 11.4 Å². The first-order valence-corrected chi connectivity index (χ1v) is 5.78. The number of hydrogen-bond acceptors (Lipinski definition) is 5. The first-order valence-electron chi connectivity index (χ1n) is 4.96. The molecule has 1 aliphatic rings. The van der Waals surface area contributed by atoms with E-state index in [1.807, 2.05) is 5.06 Å². The van der Waals surface area contributed by atoms with Gasteiger partial charge in [-0.1, -0.05) is 0 Å². The summed E-state index contributed by atoms with van der Waals surface area (Å²) in [7, 11) is 0. The van der Waals surface area contributed by atoms with E-state index in [2.05, 4.69) is 23.0 Å². The van der Waals surface area contributed by atoms with Crippen LogP contribution < -0.4 is 5.06 Å². The number of hydrogen-bond donors (Lipinski definition) is 0. The van der Waals surface area contributed by atoms with Crippen LogP contribution in [0.1, 0.15) is 11.3 Å². The minimum atomic E-state index is 0.786. The summed E-state index contributed by atoms with van der Waals surface area (Å²) >= 11 is 1.69. The number of rotatable bonds is 1. The van der Waals surface area contributed by atoms with Crippen molar-refractivity contribution >= 4 is 27.4 Å². The van der Waals surface area contributed by atoms with Gasteiger partial charge in [-0.05, 0) is 19.4 Å². The molecule has 0 aliphatic carbocycles. The Bertz CT molecular complexity index is 490. The third kappa shape index (κ3) is 1.48. The Hall–Kier alpha value is -1.20. The summed E-state index contributed by atoms with van der Waals surface area (Å²) in [5, 5.41) is 2.97. The van der Waals surface area contributed by atoms with Gasteiger partial charge < -0.3 is 0 Å². The normalized spacial score (nSPS) is 16.5. The maximum atomic E-state index is 5.50. The zero-order valence-corrected chi connectivity index (χ0v) is 9.25. The molecule has 0 atom stereocenters. The molecule has 0 unspecified atom stereocenters. The summed E-state index contributed by atoms with van der Waals surface area (Å²) in [6, 6.07) is 2.12. The number of nitrogens with zero attached hydrogens (tertiary/aromatic N) is 3. The highest BCUT2D eigenvalue weighted by atomic mass is 32.1. The average molecular weight is 221 g/mol. The molecule has 5 heteroatoms. The fraction of sp³-hybridized carbons (Fsp3) is 0.400. The van der Waals surface area contributed by atoms with Gasteiger partial charge in [-0.15, -0.1) is 11.3 Å². The number of fused-ring (bicyclic) bond motifs is 1. The van der Waals surface area contributed by atoms with E-state index < -0.39 is 0 Å². The Labute approximate surface area is 91.5 Å². The predicted molar refractivity (Wildman–Crippen MR) is 60.1 cm³/mol. The molecule has 0 N–H and O–H groups in total. The van der Waals surface area contributed by atoms with Gasteiger partial charge in [-0.3, -0.25) is 4.84 Å². The summed E-state index contributed by atoms with van der Waals surface area (Å²) in [4.78, 5) is 16.4. The van der Waals surface area contributed by atoms with Crippen molar-refractivity contribution in [1.82, 2.24) is 9.97 Å². The smallest absolute Gasteiger partial charge is 0.164 e. The molecule has 1 fully saturated rings. The lowest BCUT2D eigenvalue weighted by atomic mass is 10.3. The summed E-state index contributed by atoms with van der Waals surface area (Å²) in [5.74, 6) is 0.904. The lowest BCUT2D eigenvalue weighted by Crippen LogP contribution is -2.17. The summed E-state index contributed by atoms with van der Waals surface area (Å²) < 4.78 is 0. The van der Waals surface area contributed by atoms with E-state index in [1.165, 1.54) is 4.88 Å². The maximum absolute atomic E-state index is 5.50. The van der Waals surface area contributed by atoms with Crippen molar-refractivity contribution in [2.24, 2.45) is 0 Å². The van der Waals surface area contributed by atoms with E-state index in [0.717, 1.165) is 35.6 Å². The van der Waals surface area contributed by atoms with Gasteiger partial charge in [0.15, 0.2) is 5.82 Å². The van der Waals surface area contributed by atoms with Crippen molar-refractivity contribution in [3.63, 3.8) is 0 Å². The lowest BCUT2D eigenvalue weighted by Gasteiger charge is -2.14. The van der Waals surface area contributed by atoms with Crippen LogP contribution in [0.4, 0.5) is 5.82 Å². The average Bonchev–Trinajstić information content (AvgIpc) is 2.82. The molecule has 2 aromatic heterocycles. The highest BCUT2D eigenvalue weighted by molar-refractivity contribution is 7.18. The fourth-order valence-electron chi connectivity index (χ4n) is 1.78. The predicted octanol–water partition coefficient (Wildman–Crippen LogP) is 2.14. The van der Waals surface area contributed by atoms with Crippen LogP contribution in [0.3, 0.4) is 0 Å². The Morgan fingerprint density at radius 2 is 2.40 bits per heavy atom. The summed E-state index contributed by atoms with van der Waals surface area (Å²) in [6.07, 6.45) is 2.67. The molecule has 0 amide bonds. The van der Waals surface area contributed by atoms with Crippen LogP contribution in [0.15, 0.2) is 12.4 Å². The maximum Gasteiger partial charge on any atom is 0.164 e. The fourth-order valence-corrected chi connectivity index (χ4v) is 2.62. The van der Waals surface area contributed by atoms with Crippen LogP contribution in [0, 0.1) is 6.92 Å². The van der Waals surface area contributed by atoms with Crippen molar-refractivity contribution in [3.8, 4) is 0 Å². The van der Waals surface area contributed by atoms with Crippen molar-refractivity contribution in [2.45, 2.75) is 13.3 Å². The Balaban J connectivity index is 2.16. The van der Waals surface area contributed by atoms with Gasteiger partial charge in [0.1, 0.15) is 11.2 Å². The Morgan fingerprint density at radius 1 is 1.47 bits per heavy atom. The molecule has 2 aromatic rings. The number of anilines is 1. The minimum absolute atomic E-state index is 0.786. The third-order valence-corrected chi connectivity index (χ3v) is 3.38. The molecule has 0 radical (unpaired) electrons. The molecule has 15 heavy (non-hydrogen) atoms. The molecule has 0 bridgehead atoms. The van der Waals surface area contributed by atoms with Gasteiger partial charge in [0.25, 0.3) is 0 Å². The monoisotopic (exact) mass is 221 g/mol. The summed E-state index contributed by atoms with van der Waals surface area (Å²) in [6.45, 7) is 3.79. The van der Waals surface area contributed by atoms with E-state index in [9.17, 15) is 0 Å². The van der Waals surface area contributed by atoms with Gasteiger partial charge >= 0.3 is 0 Å². The van der Waals surface area contributed by atoms with E-state index in [4.69, 9.17) is 4.84 Å². The molecular weight excluding hydrogens is 210 g/mol. The van der Waals surface area contributed by atoms with Crippen molar-refractivity contribution in [2.75, 3.05) is 18.2 Å². The van der Waals surface area contributed by atoms with Crippen LogP contribution in [-0.4, -0.2) is 23.1 Å². The number of thiophene rings is 1. The third-order valence-electron chi connectivity index (χ3n) is 2.42. The van der Waals surface area contributed by atoms with Gasteiger partial charge in [0.2, 0.25) is 0 Å². The van der Waals surface area contributed by atoms with Crippen LogP contribution in [0.25, 0.3) is 10.2 Å². The highest BCUT2D eigenvalue weighted by Crippen LogP contribution is 2.30. The first kappa shape index (κ1) is 9.06. The zero-order chi connectivity index (χ0) is 10.3. The van der Waals surface area contributed by atoms with Gasteiger partial charge in [-0.2, -0.15) is 0 Å². The van der Waals surface area contributed by atoms with E-state index in [-0.39, 0.29) is 0 Å². The van der Waals surface area contributed by atoms with Crippen LogP contribution in [0.5, 0.6) is 0 Å². The van der Waals surface area contributed by atoms with Gasteiger partial charge in [-0.25, -0.2) is 15.0 Å². The van der Waals surface area contributed by atoms with E-state index in [0.29, 0.717) is 0 Å². The molecule has 0 spiro atoms. The van der Waals surface area contributed by atoms with E-state index >= 15 is 0 Å². The molecule has 3 rings (SSSR count). The lowest BCUT2D eigenvalue weighted by molar-refractivity contribution is 0.167. The van der Waals surface area contributed by atoms with Crippen LogP contribution in [0.2, 0.25) is 0 Å². The molecule has 3 heterocycles. The van der Waals surface area contributed by atoms with Crippen molar-refractivity contribution in [1.29, 1.82) is 0 Å². The zero-order valence-electron chi connectivity index (χ0n) is 8.43. The second-order valence-electron chi connectivity index (χ2n) is 3.56. The molecule has 4 nitrogen and oxygen atoms in total. The molecule has 0 aromatic carbocycles. The Kier molecular flexibility index (Phi) is 2.07. The second-order valence-corrected chi connectivity index (χ2v) is 4.80. The molecular formula is C10H11N3OS. The van der Waals surface area contributed by atoms with Crippen molar-refractivity contribution in [3.05, 3.63) is 17.3 Å². The molecule has 1 saturated heterocycles. The van der Waals surface area contributed by atoms with E-state index in [1.54, 1.807) is 17.7 Å². The van der Waals surface area contributed by atoms with Crippen LogP contribution >= 0.6 is 11.3 Å². The quantitative estimate of drug-likeness (QED) is 0.739. The first-order chi connectivity index (χ1) is 7.34. The highest BCUT2D eigenvalue weighted by Gasteiger charge is 2.18. The topological polar surface area (TPSA) is 38.2 Å². The van der Waals surface area contributed by atoms with Crippen LogP contribution in [-0.2, 0) is 4.84 Å². The number of hydroxylamine groups is 1. The van der Waals surface area contributed by atoms with Gasteiger partial charge in [0.05, 0.1) is 12.0 Å². The second kappa shape index (κ2) is 3.43.